The Morgan fingerprint density at radius 2 is 1.75 bits per heavy atom. The molecule has 116 valence electrons. The zero-order chi connectivity index (χ0) is 15.8. The van der Waals surface area contributed by atoms with Crippen LogP contribution in [0.1, 0.15) is 0 Å². The molecule has 1 heterocycles. The maximum Gasteiger partial charge on any atom is 0.367 e. The number of hydrogen-bond acceptors (Lipinski definition) is 7. The predicted octanol–water partition coefficient (Wildman–Crippen LogP) is -2.51. The molecule has 0 amide bonds. The van der Waals surface area contributed by atoms with Crippen LogP contribution in [0.2, 0.25) is 0 Å². The molecule has 1 rings (SSSR count). The fourth-order valence-electron chi connectivity index (χ4n) is 1.51. The first-order valence-corrected chi connectivity index (χ1v) is 8.26. The van der Waals surface area contributed by atoms with Crippen molar-refractivity contribution in [1.82, 2.24) is 9.80 Å². The molecule has 0 radical (unpaired) electrons. The number of hydrogen-bond donors (Lipinski definition) is 5. The molecule has 0 aliphatic carbocycles. The standard InChI is InChI=1S/C7H14N2O9P2/c10-6(11)3-8-1-2-9(5-8)4-7(12,19(13,14)15)20(16,17)18/h1-2,12H,3-5H2,(H,10,11)(H2,13,14,15)(H2,16,17,18)/p-1. The molecule has 1 aliphatic rings. The molecule has 0 fully saturated rings. The summed E-state index contributed by atoms with van der Waals surface area (Å²) in [6.45, 7) is -1.74. The molecule has 0 saturated heterocycles. The molecule has 20 heavy (non-hydrogen) atoms. The van der Waals surface area contributed by atoms with E-state index in [1.807, 2.05) is 0 Å². The molecule has 0 saturated carbocycles. The molecule has 2 atom stereocenters. The van der Waals surface area contributed by atoms with Crippen LogP contribution >= 0.6 is 15.2 Å². The Kier molecular flexibility index (Phi) is 4.67. The third-order valence-electron chi connectivity index (χ3n) is 2.52. The van der Waals surface area contributed by atoms with Crippen LogP contribution in [0, 0.1) is 0 Å². The van der Waals surface area contributed by atoms with Gasteiger partial charge in [0.15, 0.2) is 7.60 Å². The molecule has 13 heteroatoms. The molecule has 0 aromatic carbocycles. The number of nitrogens with zero attached hydrogens (tertiary/aromatic N) is 2. The zero-order valence-electron chi connectivity index (χ0n) is 9.93. The Labute approximate surface area is 113 Å². The van der Waals surface area contributed by atoms with E-state index in [9.17, 15) is 23.9 Å². The van der Waals surface area contributed by atoms with Crippen LogP contribution in [-0.4, -0.2) is 65.5 Å². The third-order valence-corrected chi connectivity index (χ3v) is 6.19. The van der Waals surface area contributed by atoms with Crippen molar-refractivity contribution in [2.24, 2.45) is 0 Å². The fraction of sp³-hybridized carbons (Fsp3) is 0.571. The van der Waals surface area contributed by atoms with Crippen molar-refractivity contribution >= 4 is 21.2 Å². The molecule has 2 unspecified atom stereocenters. The first kappa shape index (κ1) is 17.1. The quantitative estimate of drug-likeness (QED) is 0.324. The largest absolute Gasteiger partial charge is 0.776 e. The molecule has 1 aliphatic heterocycles. The van der Waals surface area contributed by atoms with Gasteiger partial charge in [-0.2, -0.15) is 0 Å². The molecule has 0 bridgehead atoms. The van der Waals surface area contributed by atoms with Crippen molar-refractivity contribution < 1.29 is 43.7 Å². The lowest BCUT2D eigenvalue weighted by atomic mass is 10.6. The van der Waals surface area contributed by atoms with Gasteiger partial charge < -0.3 is 44.2 Å². The van der Waals surface area contributed by atoms with E-state index >= 15 is 0 Å². The number of carboxylic acid groups (broad SMARTS) is 1. The summed E-state index contributed by atoms with van der Waals surface area (Å²) in [6, 6.07) is 0. The summed E-state index contributed by atoms with van der Waals surface area (Å²) in [7, 11) is -11.4. The lowest BCUT2D eigenvalue weighted by molar-refractivity contribution is -0.206. The van der Waals surface area contributed by atoms with Crippen LogP contribution in [0.4, 0.5) is 0 Å². The van der Waals surface area contributed by atoms with Crippen molar-refractivity contribution in [2.75, 3.05) is 19.8 Å². The highest BCUT2D eigenvalue weighted by Crippen LogP contribution is 2.65. The van der Waals surface area contributed by atoms with E-state index in [2.05, 4.69) is 0 Å². The van der Waals surface area contributed by atoms with Gasteiger partial charge in [0.2, 0.25) is 5.08 Å². The van der Waals surface area contributed by atoms with Crippen molar-refractivity contribution in [1.29, 1.82) is 0 Å². The van der Waals surface area contributed by atoms with Gasteiger partial charge in [-0.1, -0.05) is 0 Å². The molecule has 11 nitrogen and oxygen atoms in total. The maximum absolute atomic E-state index is 11.1. The van der Waals surface area contributed by atoms with Gasteiger partial charge in [0.05, 0.1) is 13.2 Å². The second-order valence-corrected chi connectivity index (χ2v) is 8.13. The normalized spacial score (nSPS) is 21.6. The number of β-amino-alcohol motifs (C(OH)–C–C–N with tert-alkyl or cyclic N) is 1. The summed E-state index contributed by atoms with van der Waals surface area (Å²) in [5.74, 6) is -1.17. The molecule has 5 N–H and O–H groups in total. The number of carboxylic acids is 1. The highest BCUT2D eigenvalue weighted by Gasteiger charge is 2.54. The van der Waals surface area contributed by atoms with Gasteiger partial charge in [0.25, 0.3) is 0 Å². The topological polar surface area (TPSA) is 182 Å². The van der Waals surface area contributed by atoms with Crippen LogP contribution in [0.25, 0.3) is 0 Å². The lowest BCUT2D eigenvalue weighted by Crippen LogP contribution is -2.44. The van der Waals surface area contributed by atoms with E-state index in [0.717, 1.165) is 11.1 Å². The third kappa shape index (κ3) is 3.58. The van der Waals surface area contributed by atoms with E-state index in [4.69, 9.17) is 19.8 Å². The number of aliphatic hydroxyl groups is 1. The van der Waals surface area contributed by atoms with Gasteiger partial charge in [-0.3, -0.25) is 9.36 Å². The fourth-order valence-corrected chi connectivity index (χ4v) is 3.56. The Balaban J connectivity index is 2.86. The number of aliphatic carboxylic acids is 1. The SMILES string of the molecule is O=C(O)CN1C=CN(CC(O)(P(=O)([O-])O)P(=O)(O)O)C1. The molecular formula is C7H13N2O9P2-. The van der Waals surface area contributed by atoms with Crippen LogP contribution in [0.5, 0.6) is 0 Å². The predicted molar refractivity (Wildman–Crippen MR) is 61.9 cm³/mol. The van der Waals surface area contributed by atoms with Gasteiger partial charge in [-0.25, -0.2) is 0 Å². The first-order valence-electron chi connectivity index (χ1n) is 5.07. The smallest absolute Gasteiger partial charge is 0.367 e. The molecule has 0 aromatic rings. The Bertz CT molecular complexity index is 486. The van der Waals surface area contributed by atoms with Gasteiger partial charge in [-0.05, 0) is 0 Å². The van der Waals surface area contributed by atoms with Crippen LogP contribution in [0.3, 0.4) is 0 Å². The summed E-state index contributed by atoms with van der Waals surface area (Å²) in [5, 5.41) is 14.5. The maximum atomic E-state index is 11.1. The van der Waals surface area contributed by atoms with Crippen molar-refractivity contribution in [2.45, 2.75) is 5.08 Å². The van der Waals surface area contributed by atoms with E-state index < -0.39 is 39.3 Å². The zero-order valence-corrected chi connectivity index (χ0v) is 11.7. The summed E-state index contributed by atoms with van der Waals surface area (Å²) >= 11 is 0. The summed E-state index contributed by atoms with van der Waals surface area (Å²) in [6.07, 6.45) is 2.38. The second-order valence-electron chi connectivity index (χ2n) is 4.17. The lowest BCUT2D eigenvalue weighted by Gasteiger charge is -2.38. The van der Waals surface area contributed by atoms with Gasteiger partial charge in [0.1, 0.15) is 6.54 Å². The van der Waals surface area contributed by atoms with Gasteiger partial charge >= 0.3 is 13.6 Å². The monoisotopic (exact) mass is 331 g/mol. The Hall–Kier alpha value is -0.930. The highest BCUT2D eigenvalue weighted by atomic mass is 31.2. The van der Waals surface area contributed by atoms with Crippen molar-refractivity contribution in [3.63, 3.8) is 0 Å². The van der Waals surface area contributed by atoms with Crippen LogP contribution in [0.15, 0.2) is 12.4 Å². The van der Waals surface area contributed by atoms with Crippen LogP contribution in [-0.2, 0) is 13.9 Å². The highest BCUT2D eigenvalue weighted by molar-refractivity contribution is 7.71. The van der Waals surface area contributed by atoms with Gasteiger partial charge in [0, 0.05) is 12.4 Å². The number of rotatable bonds is 6. The summed E-state index contributed by atoms with van der Waals surface area (Å²) in [4.78, 5) is 50.3. The molecule has 0 spiro atoms. The Morgan fingerprint density at radius 3 is 2.15 bits per heavy atom. The van der Waals surface area contributed by atoms with E-state index in [1.54, 1.807) is 0 Å². The molecule has 0 aromatic heterocycles. The Morgan fingerprint density at radius 1 is 1.25 bits per heavy atom. The van der Waals surface area contributed by atoms with E-state index in [-0.39, 0.29) is 6.67 Å². The van der Waals surface area contributed by atoms with Crippen molar-refractivity contribution in [3.05, 3.63) is 12.4 Å². The average Bonchev–Trinajstić information content (AvgIpc) is 2.60. The molecular weight excluding hydrogens is 318 g/mol. The van der Waals surface area contributed by atoms with Crippen molar-refractivity contribution in [3.8, 4) is 0 Å². The minimum Gasteiger partial charge on any atom is -0.776 e. The van der Waals surface area contributed by atoms with Crippen LogP contribution < -0.4 is 4.89 Å². The minimum atomic E-state index is -5.78. The summed E-state index contributed by atoms with van der Waals surface area (Å²) < 4.78 is 22.1. The second kappa shape index (κ2) is 5.45. The number of carbonyl (C=O) groups is 1. The first-order chi connectivity index (χ1) is 8.87. The average molecular weight is 331 g/mol. The summed E-state index contributed by atoms with van der Waals surface area (Å²) in [5.41, 5.74) is 0. The van der Waals surface area contributed by atoms with E-state index in [0.29, 0.717) is 0 Å². The minimum absolute atomic E-state index is 0.214. The van der Waals surface area contributed by atoms with E-state index in [1.165, 1.54) is 11.1 Å². The van der Waals surface area contributed by atoms with Gasteiger partial charge in [-0.15, -0.1) is 0 Å².